The second kappa shape index (κ2) is 5.95. The van der Waals surface area contributed by atoms with Crippen molar-refractivity contribution in [3.63, 3.8) is 0 Å². The van der Waals surface area contributed by atoms with Crippen LogP contribution < -0.4 is 4.90 Å². The van der Waals surface area contributed by atoms with Crippen molar-refractivity contribution in [1.82, 2.24) is 9.97 Å². The second-order valence-electron chi connectivity index (χ2n) is 4.32. The maximum Gasteiger partial charge on any atom is 0.224 e. The number of halogens is 1. The monoisotopic (exact) mass is 311 g/mol. The maximum absolute atomic E-state index is 6.04. The molecule has 0 N–H and O–H groups in total. The lowest BCUT2D eigenvalue weighted by Crippen LogP contribution is -2.36. The molecule has 0 saturated carbocycles. The summed E-state index contributed by atoms with van der Waals surface area (Å²) in [4.78, 5) is 11.9. The third-order valence-corrected chi connectivity index (χ3v) is 4.28. The van der Waals surface area contributed by atoms with E-state index >= 15 is 0 Å². The summed E-state index contributed by atoms with van der Waals surface area (Å²) in [5.41, 5.74) is 0.868. The highest BCUT2D eigenvalue weighted by atomic mass is 35.5. The molecule has 0 unspecified atom stereocenters. The van der Waals surface area contributed by atoms with Gasteiger partial charge in [-0.25, -0.2) is 4.98 Å². The molecule has 3 rings (SSSR count). The number of fused-ring (bicyclic) bond motifs is 1. The Morgan fingerprint density at radius 3 is 2.95 bits per heavy atom. The Kier molecular flexibility index (Phi) is 4.05. The number of rotatable bonds is 3. The first-order valence-electron chi connectivity index (χ1n) is 6.27. The lowest BCUT2D eigenvalue weighted by atomic mass is 10.3. The average molecular weight is 312 g/mol. The van der Waals surface area contributed by atoms with Crippen molar-refractivity contribution in [1.29, 1.82) is 0 Å². The van der Waals surface area contributed by atoms with E-state index in [1.165, 1.54) is 0 Å². The summed E-state index contributed by atoms with van der Waals surface area (Å²) in [5, 5.41) is 0.277. The van der Waals surface area contributed by atoms with Crippen LogP contribution in [0.1, 0.15) is 4.88 Å². The fourth-order valence-electron chi connectivity index (χ4n) is 2.11. The number of ether oxygens (including phenoxy) is 2. The van der Waals surface area contributed by atoms with Gasteiger partial charge in [-0.3, -0.25) is 0 Å². The highest BCUT2D eigenvalue weighted by Crippen LogP contribution is 2.33. The van der Waals surface area contributed by atoms with E-state index in [9.17, 15) is 0 Å². The van der Waals surface area contributed by atoms with Crippen molar-refractivity contribution < 1.29 is 9.47 Å². The van der Waals surface area contributed by atoms with Crippen LogP contribution in [0.4, 0.5) is 5.82 Å². The molecule has 0 radical (unpaired) electrons. The molecule has 20 heavy (non-hydrogen) atoms. The summed E-state index contributed by atoms with van der Waals surface area (Å²) < 4.78 is 11.4. The molecule has 1 aliphatic heterocycles. The summed E-state index contributed by atoms with van der Waals surface area (Å²) in [5.74, 6) is 0.894. The van der Waals surface area contributed by atoms with E-state index in [2.05, 4.69) is 14.9 Å². The Morgan fingerprint density at radius 1 is 1.40 bits per heavy atom. The fourth-order valence-corrected chi connectivity index (χ4v) is 3.29. The minimum absolute atomic E-state index is 0.277. The van der Waals surface area contributed by atoms with Crippen LogP contribution >= 0.6 is 22.9 Å². The summed E-state index contributed by atoms with van der Waals surface area (Å²) in [6.07, 6.45) is 3.55. The first-order valence-corrected chi connectivity index (χ1v) is 7.46. The van der Waals surface area contributed by atoms with E-state index in [0.717, 1.165) is 34.0 Å². The van der Waals surface area contributed by atoms with Crippen molar-refractivity contribution in [2.45, 2.75) is 0 Å². The van der Waals surface area contributed by atoms with Gasteiger partial charge in [-0.15, -0.1) is 11.3 Å². The zero-order valence-electron chi connectivity index (χ0n) is 11.0. The van der Waals surface area contributed by atoms with Crippen LogP contribution in [0.15, 0.2) is 12.3 Å². The minimum atomic E-state index is 0.277. The van der Waals surface area contributed by atoms with Gasteiger partial charge >= 0.3 is 0 Å². The molecule has 1 fully saturated rings. The van der Waals surface area contributed by atoms with Crippen LogP contribution in [0, 0.1) is 0 Å². The van der Waals surface area contributed by atoms with Gasteiger partial charge in [0.1, 0.15) is 0 Å². The molecular weight excluding hydrogens is 298 g/mol. The smallest absolute Gasteiger partial charge is 0.224 e. The Bertz CT molecular complexity index is 638. The van der Waals surface area contributed by atoms with Gasteiger partial charge in [0, 0.05) is 18.0 Å². The van der Waals surface area contributed by atoms with E-state index < -0.39 is 0 Å². The van der Waals surface area contributed by atoms with Crippen molar-refractivity contribution in [2.75, 3.05) is 38.3 Å². The summed E-state index contributed by atoms with van der Waals surface area (Å²) >= 11 is 7.67. The highest BCUT2D eigenvalue weighted by Gasteiger charge is 2.18. The quantitative estimate of drug-likeness (QED) is 0.644. The standard InChI is InChI=1S/C13H14ClN3O2S/c1-18-5-2-9-8-10-11(20-9)12(16-13(14)15-10)17-3-6-19-7-4-17/h2,5,8H,3-4,6-7H2,1H3/b5-2+. The number of methoxy groups -OCH3 is 1. The number of hydrogen-bond acceptors (Lipinski definition) is 6. The summed E-state index contributed by atoms with van der Waals surface area (Å²) in [6, 6.07) is 1.99. The normalized spacial score (nSPS) is 16.2. The minimum Gasteiger partial charge on any atom is -0.504 e. The van der Waals surface area contributed by atoms with Crippen LogP contribution in [0.2, 0.25) is 5.28 Å². The molecule has 0 atom stereocenters. The third-order valence-electron chi connectivity index (χ3n) is 3.02. The van der Waals surface area contributed by atoms with Crippen molar-refractivity contribution >= 4 is 45.0 Å². The first kappa shape index (κ1) is 13.6. The number of thiophene rings is 1. The summed E-state index contributed by atoms with van der Waals surface area (Å²) in [7, 11) is 1.62. The van der Waals surface area contributed by atoms with Gasteiger partial charge in [0.15, 0.2) is 5.82 Å². The Labute approximate surface area is 125 Å². The van der Waals surface area contributed by atoms with Gasteiger partial charge in [-0.1, -0.05) is 0 Å². The van der Waals surface area contributed by atoms with E-state index in [1.54, 1.807) is 24.7 Å². The number of aromatic nitrogens is 2. The summed E-state index contributed by atoms with van der Waals surface area (Å²) in [6.45, 7) is 3.07. The molecule has 0 aromatic carbocycles. The van der Waals surface area contributed by atoms with Gasteiger partial charge in [-0.2, -0.15) is 4.98 Å². The molecule has 1 aliphatic rings. The predicted octanol–water partition coefficient (Wildman–Crippen LogP) is 2.80. The van der Waals surface area contributed by atoms with E-state index in [1.807, 2.05) is 12.1 Å². The molecular formula is C13H14ClN3O2S. The molecule has 106 valence electrons. The second-order valence-corrected chi connectivity index (χ2v) is 5.74. The van der Waals surface area contributed by atoms with Gasteiger partial charge in [0.2, 0.25) is 5.28 Å². The molecule has 0 amide bonds. The molecule has 0 spiro atoms. The maximum atomic E-state index is 6.04. The number of anilines is 1. The third kappa shape index (κ3) is 2.72. The van der Waals surface area contributed by atoms with Crippen LogP contribution in [0.25, 0.3) is 16.3 Å². The van der Waals surface area contributed by atoms with Gasteiger partial charge in [0.25, 0.3) is 0 Å². The Balaban J connectivity index is 2.05. The van der Waals surface area contributed by atoms with Crippen molar-refractivity contribution in [2.24, 2.45) is 0 Å². The van der Waals surface area contributed by atoms with E-state index in [4.69, 9.17) is 21.1 Å². The number of morpholine rings is 1. The lowest BCUT2D eigenvalue weighted by molar-refractivity contribution is 0.122. The number of nitrogens with zero attached hydrogens (tertiary/aromatic N) is 3. The molecule has 5 nitrogen and oxygen atoms in total. The SMILES string of the molecule is CO/C=C/c1cc2nc(Cl)nc(N3CCOCC3)c2s1. The van der Waals surface area contributed by atoms with Gasteiger partial charge in [0.05, 0.1) is 36.8 Å². The lowest BCUT2D eigenvalue weighted by Gasteiger charge is -2.28. The fraction of sp³-hybridized carbons (Fsp3) is 0.385. The molecule has 0 bridgehead atoms. The van der Waals surface area contributed by atoms with Crippen LogP contribution in [-0.4, -0.2) is 43.4 Å². The average Bonchev–Trinajstić information content (AvgIpc) is 2.87. The first-order chi connectivity index (χ1) is 9.78. The molecule has 3 heterocycles. The zero-order chi connectivity index (χ0) is 13.9. The molecule has 7 heteroatoms. The van der Waals surface area contributed by atoms with Crippen molar-refractivity contribution in [3.05, 3.63) is 22.5 Å². The van der Waals surface area contributed by atoms with Crippen LogP contribution in [-0.2, 0) is 9.47 Å². The molecule has 1 saturated heterocycles. The highest BCUT2D eigenvalue weighted by molar-refractivity contribution is 7.20. The molecule has 2 aromatic heterocycles. The van der Waals surface area contributed by atoms with Crippen LogP contribution in [0.3, 0.4) is 0 Å². The van der Waals surface area contributed by atoms with Crippen molar-refractivity contribution in [3.8, 4) is 0 Å². The Hall–Kier alpha value is -1.37. The molecule has 2 aromatic rings. The van der Waals surface area contributed by atoms with Crippen LogP contribution in [0.5, 0.6) is 0 Å². The zero-order valence-corrected chi connectivity index (χ0v) is 12.6. The molecule has 0 aliphatic carbocycles. The van der Waals surface area contributed by atoms with Gasteiger partial charge < -0.3 is 14.4 Å². The number of hydrogen-bond donors (Lipinski definition) is 0. The van der Waals surface area contributed by atoms with E-state index in [0.29, 0.717) is 13.2 Å². The van der Waals surface area contributed by atoms with E-state index in [-0.39, 0.29) is 5.28 Å². The topological polar surface area (TPSA) is 47.5 Å². The largest absolute Gasteiger partial charge is 0.504 e. The Morgan fingerprint density at radius 2 is 2.20 bits per heavy atom. The predicted molar refractivity (Wildman–Crippen MR) is 81.5 cm³/mol. The van der Waals surface area contributed by atoms with Gasteiger partial charge in [-0.05, 0) is 23.7 Å².